The van der Waals surface area contributed by atoms with Gasteiger partial charge in [-0.2, -0.15) is 0 Å². The summed E-state index contributed by atoms with van der Waals surface area (Å²) >= 11 is 4.19. The Morgan fingerprint density at radius 3 is 2.09 bits per heavy atom. The molecule has 0 bridgehead atoms. The van der Waals surface area contributed by atoms with Crippen LogP contribution in [0.25, 0.3) is 0 Å². The van der Waals surface area contributed by atoms with Crippen LogP contribution in [-0.4, -0.2) is 55.4 Å². The van der Waals surface area contributed by atoms with Gasteiger partial charge in [0, 0.05) is 25.7 Å². The fourth-order valence-electron chi connectivity index (χ4n) is 1.86. The van der Waals surface area contributed by atoms with Crippen molar-refractivity contribution in [2.75, 3.05) is 26.7 Å². The molecule has 6 nitrogen and oxygen atoms in total. The lowest BCUT2D eigenvalue weighted by Crippen LogP contribution is -2.56. The molecule has 136 valence electrons. The average Bonchev–Trinajstić information content (AvgIpc) is 2.36. The molecule has 0 fully saturated rings. The van der Waals surface area contributed by atoms with E-state index in [0.717, 1.165) is 19.4 Å². The highest BCUT2D eigenvalue weighted by Crippen LogP contribution is 2.20. The van der Waals surface area contributed by atoms with E-state index in [4.69, 9.17) is 0 Å². The zero-order valence-corrected chi connectivity index (χ0v) is 16.5. The summed E-state index contributed by atoms with van der Waals surface area (Å²) in [5.74, 6) is 0. The van der Waals surface area contributed by atoms with Crippen molar-refractivity contribution in [1.29, 1.82) is 0 Å². The molecule has 0 aromatic carbocycles. The minimum Gasteiger partial charge on any atom is -0.334 e. The molecule has 0 aromatic rings. The van der Waals surface area contributed by atoms with Crippen molar-refractivity contribution in [3.05, 3.63) is 0 Å². The normalized spacial score (nSPS) is 15.2. The van der Waals surface area contributed by atoms with Crippen molar-refractivity contribution in [3.63, 3.8) is 0 Å². The first-order valence-corrected chi connectivity index (χ1v) is 8.41. The van der Waals surface area contributed by atoms with E-state index < -0.39 is 6.04 Å². The number of carbonyl (C=O) groups is 2. The molecule has 23 heavy (non-hydrogen) atoms. The van der Waals surface area contributed by atoms with Crippen LogP contribution in [0.3, 0.4) is 0 Å². The molecule has 0 rings (SSSR count). The van der Waals surface area contributed by atoms with Gasteiger partial charge in [0.05, 0.1) is 6.04 Å². The topological polar surface area (TPSA) is 73.5 Å². The zero-order chi connectivity index (χ0) is 18.3. The Morgan fingerprint density at radius 1 is 1.13 bits per heavy atom. The van der Waals surface area contributed by atoms with Crippen molar-refractivity contribution in [3.8, 4) is 0 Å². The first-order valence-electron chi connectivity index (χ1n) is 8.01. The molecule has 0 spiro atoms. The highest BCUT2D eigenvalue weighted by Gasteiger charge is 2.29. The molecule has 2 unspecified atom stereocenters. The molecular formula is C16H34N4O2S. The number of thiol groups is 1. The lowest BCUT2D eigenvalue weighted by Gasteiger charge is -2.33. The van der Waals surface area contributed by atoms with Gasteiger partial charge in [-0.05, 0) is 17.9 Å². The third kappa shape index (κ3) is 9.84. The third-order valence-electron chi connectivity index (χ3n) is 3.67. The van der Waals surface area contributed by atoms with Gasteiger partial charge >= 0.3 is 6.03 Å². The number of urea groups is 1. The molecule has 0 aliphatic rings. The summed E-state index contributed by atoms with van der Waals surface area (Å²) in [6, 6.07) is -0.890. The van der Waals surface area contributed by atoms with Gasteiger partial charge in [-0.3, -0.25) is 4.31 Å². The standard InChI is InChI=1S/C16H34N4O2S/c1-15(2,3)12(10-17-8-9-20(7)23)18-14(22)19-13(11-21)16(4,5)6/h11-13,17,23H,8-10H2,1-7H3,(H2,18,19,22). The van der Waals surface area contributed by atoms with Crippen molar-refractivity contribution < 1.29 is 9.59 Å². The maximum atomic E-state index is 12.2. The van der Waals surface area contributed by atoms with Crippen LogP contribution < -0.4 is 16.0 Å². The van der Waals surface area contributed by atoms with Crippen LogP contribution in [0.4, 0.5) is 4.79 Å². The summed E-state index contributed by atoms with van der Waals surface area (Å²) in [6.07, 6.45) is 0.784. The summed E-state index contributed by atoms with van der Waals surface area (Å²) in [5.41, 5.74) is -0.415. The van der Waals surface area contributed by atoms with E-state index in [-0.39, 0.29) is 22.9 Å². The highest BCUT2D eigenvalue weighted by molar-refractivity contribution is 7.77. The first kappa shape index (κ1) is 22.2. The lowest BCUT2D eigenvalue weighted by molar-refractivity contribution is -0.111. The second-order valence-corrected chi connectivity index (χ2v) is 8.78. The van der Waals surface area contributed by atoms with Gasteiger partial charge in [0.2, 0.25) is 0 Å². The Bertz CT molecular complexity index is 375. The Hall–Kier alpha value is -0.790. The number of hydrogen-bond acceptors (Lipinski definition) is 5. The molecule has 0 radical (unpaired) electrons. The fourth-order valence-corrected chi connectivity index (χ4v) is 1.96. The van der Waals surface area contributed by atoms with Gasteiger partial charge in [0.25, 0.3) is 0 Å². The Morgan fingerprint density at radius 2 is 1.70 bits per heavy atom. The van der Waals surface area contributed by atoms with Crippen LogP contribution in [0.15, 0.2) is 0 Å². The summed E-state index contributed by atoms with van der Waals surface area (Å²) < 4.78 is 1.80. The van der Waals surface area contributed by atoms with E-state index in [9.17, 15) is 9.59 Å². The molecular weight excluding hydrogens is 312 g/mol. The average molecular weight is 347 g/mol. The Labute approximate surface area is 146 Å². The molecule has 0 aromatic heterocycles. The quantitative estimate of drug-likeness (QED) is 0.306. The number of likely N-dealkylation sites (N-methyl/N-ethyl adjacent to an activating group) is 1. The lowest BCUT2D eigenvalue weighted by atomic mass is 9.86. The number of hydrogen-bond donors (Lipinski definition) is 4. The minimum atomic E-state index is -0.520. The monoisotopic (exact) mass is 346 g/mol. The number of rotatable bonds is 8. The largest absolute Gasteiger partial charge is 0.334 e. The minimum absolute atomic E-state index is 0.0556. The third-order valence-corrected chi connectivity index (χ3v) is 3.87. The first-order chi connectivity index (χ1) is 10.4. The van der Waals surface area contributed by atoms with Crippen LogP contribution in [0.2, 0.25) is 0 Å². The van der Waals surface area contributed by atoms with Crippen molar-refractivity contribution in [2.24, 2.45) is 10.8 Å². The summed E-state index contributed by atoms with van der Waals surface area (Å²) in [5, 5.41) is 9.05. The van der Waals surface area contributed by atoms with Crippen LogP contribution in [0, 0.1) is 10.8 Å². The molecule has 7 heteroatoms. The maximum absolute atomic E-state index is 12.2. The van der Waals surface area contributed by atoms with E-state index in [2.05, 4.69) is 49.5 Å². The van der Waals surface area contributed by atoms with E-state index in [1.807, 2.05) is 27.8 Å². The van der Waals surface area contributed by atoms with E-state index in [0.29, 0.717) is 6.54 Å². The Balaban J connectivity index is 4.59. The van der Waals surface area contributed by atoms with Gasteiger partial charge in [-0.15, -0.1) is 0 Å². The molecule has 0 aliphatic heterocycles. The second-order valence-electron chi connectivity index (χ2n) is 8.10. The van der Waals surface area contributed by atoms with Gasteiger partial charge in [0.15, 0.2) is 0 Å². The van der Waals surface area contributed by atoms with Crippen molar-refractivity contribution in [2.45, 2.75) is 53.6 Å². The van der Waals surface area contributed by atoms with Crippen LogP contribution in [-0.2, 0) is 4.79 Å². The van der Waals surface area contributed by atoms with Gasteiger partial charge < -0.3 is 20.7 Å². The summed E-state index contributed by atoms with van der Waals surface area (Å²) in [6.45, 7) is 14.2. The molecule has 0 saturated carbocycles. The number of carbonyl (C=O) groups excluding carboxylic acids is 2. The summed E-state index contributed by atoms with van der Waals surface area (Å²) in [4.78, 5) is 23.4. The number of nitrogens with one attached hydrogen (secondary N) is 3. The molecule has 2 amide bonds. The van der Waals surface area contributed by atoms with Gasteiger partial charge in [-0.25, -0.2) is 4.79 Å². The van der Waals surface area contributed by atoms with E-state index in [1.165, 1.54) is 0 Å². The van der Waals surface area contributed by atoms with E-state index in [1.54, 1.807) is 4.31 Å². The fraction of sp³-hybridized carbons (Fsp3) is 0.875. The number of amides is 2. The van der Waals surface area contributed by atoms with Gasteiger partial charge in [-0.1, -0.05) is 54.4 Å². The predicted molar refractivity (Wildman–Crippen MR) is 98.7 cm³/mol. The van der Waals surface area contributed by atoms with Crippen molar-refractivity contribution >= 4 is 25.1 Å². The molecule has 0 saturated heterocycles. The predicted octanol–water partition coefficient (Wildman–Crippen LogP) is 1.68. The Kier molecular flexibility index (Phi) is 9.17. The second kappa shape index (κ2) is 9.49. The molecule has 2 atom stereocenters. The van der Waals surface area contributed by atoms with Crippen LogP contribution in [0.1, 0.15) is 41.5 Å². The smallest absolute Gasteiger partial charge is 0.315 e. The molecule has 3 N–H and O–H groups in total. The zero-order valence-electron chi connectivity index (χ0n) is 15.6. The van der Waals surface area contributed by atoms with E-state index >= 15 is 0 Å². The number of nitrogens with zero attached hydrogens (tertiary/aromatic N) is 1. The summed E-state index contributed by atoms with van der Waals surface area (Å²) in [7, 11) is 1.89. The van der Waals surface area contributed by atoms with Crippen LogP contribution in [0.5, 0.6) is 0 Å². The van der Waals surface area contributed by atoms with Crippen molar-refractivity contribution in [1.82, 2.24) is 20.3 Å². The van der Waals surface area contributed by atoms with Gasteiger partial charge in [0.1, 0.15) is 6.29 Å². The highest BCUT2D eigenvalue weighted by atomic mass is 32.1. The number of aldehydes is 1. The molecule has 0 heterocycles. The molecule has 0 aliphatic carbocycles. The SMILES string of the molecule is CN(S)CCNCC(NC(=O)NC(C=O)C(C)(C)C)C(C)(C)C. The maximum Gasteiger partial charge on any atom is 0.315 e. The van der Waals surface area contributed by atoms with Crippen LogP contribution >= 0.6 is 12.8 Å².